The molecule has 3 heterocycles. The van der Waals surface area contributed by atoms with Gasteiger partial charge < -0.3 is 4.74 Å². The molecule has 4 rings (SSSR count). The van der Waals surface area contributed by atoms with Crippen molar-refractivity contribution >= 4 is 33.3 Å². The van der Waals surface area contributed by atoms with Crippen LogP contribution in [0.2, 0.25) is 0 Å². The Morgan fingerprint density at radius 3 is 2.81 bits per heavy atom. The van der Waals surface area contributed by atoms with E-state index in [0.29, 0.717) is 5.88 Å². The molecule has 0 N–H and O–H groups in total. The number of aromatic nitrogens is 2. The van der Waals surface area contributed by atoms with Crippen LogP contribution in [0.4, 0.5) is 0 Å². The lowest BCUT2D eigenvalue weighted by Gasteiger charge is -2.04. The highest BCUT2D eigenvalue weighted by Gasteiger charge is 2.10. The molecule has 1 aromatic carbocycles. The molecule has 0 aliphatic rings. The van der Waals surface area contributed by atoms with Crippen LogP contribution < -0.4 is 4.74 Å². The van der Waals surface area contributed by atoms with E-state index in [1.807, 2.05) is 47.0 Å². The van der Waals surface area contributed by atoms with Crippen LogP contribution in [0.15, 0.2) is 54.7 Å². The predicted molar refractivity (Wildman–Crippen MR) is 81.5 cm³/mol. The molecule has 3 aromatic heterocycles. The van der Waals surface area contributed by atoms with Gasteiger partial charge in [-0.1, -0.05) is 24.3 Å². The summed E-state index contributed by atoms with van der Waals surface area (Å²) in [6, 6.07) is 15.7. The van der Waals surface area contributed by atoms with Crippen molar-refractivity contribution < 1.29 is 9.53 Å². The smallest absolute Gasteiger partial charge is 0.309 e. The second kappa shape index (κ2) is 4.31. The SMILES string of the molecule is CC(=O)Oc1cccc2c3nc4ccccc4cc3cn12. The zero-order valence-electron chi connectivity index (χ0n) is 11.4. The first kappa shape index (κ1) is 11.9. The number of para-hydroxylation sites is 1. The number of esters is 1. The Hall–Kier alpha value is -2.88. The molecule has 4 nitrogen and oxygen atoms in total. The molecule has 0 amide bonds. The van der Waals surface area contributed by atoms with E-state index in [1.54, 1.807) is 6.07 Å². The van der Waals surface area contributed by atoms with Gasteiger partial charge in [-0.15, -0.1) is 0 Å². The number of fused-ring (bicyclic) bond motifs is 4. The molecule has 0 fully saturated rings. The summed E-state index contributed by atoms with van der Waals surface area (Å²) < 4.78 is 7.11. The fourth-order valence-electron chi connectivity index (χ4n) is 2.63. The van der Waals surface area contributed by atoms with Gasteiger partial charge >= 0.3 is 5.97 Å². The predicted octanol–water partition coefficient (Wildman–Crippen LogP) is 3.57. The van der Waals surface area contributed by atoms with Gasteiger partial charge in [0.2, 0.25) is 5.88 Å². The van der Waals surface area contributed by atoms with Gasteiger partial charge in [0.15, 0.2) is 0 Å². The van der Waals surface area contributed by atoms with Crippen molar-refractivity contribution in [3.8, 4) is 5.88 Å². The van der Waals surface area contributed by atoms with Crippen LogP contribution in [-0.2, 0) is 4.79 Å². The highest BCUT2D eigenvalue weighted by atomic mass is 16.5. The summed E-state index contributed by atoms with van der Waals surface area (Å²) in [5, 5.41) is 2.11. The maximum atomic E-state index is 11.2. The highest BCUT2D eigenvalue weighted by molar-refractivity contribution is 6.01. The number of hydrogen-bond donors (Lipinski definition) is 0. The molecule has 0 unspecified atom stereocenters. The van der Waals surface area contributed by atoms with Gasteiger partial charge in [0.25, 0.3) is 0 Å². The maximum absolute atomic E-state index is 11.2. The molecule has 4 heteroatoms. The van der Waals surface area contributed by atoms with Crippen molar-refractivity contribution in [1.29, 1.82) is 0 Å². The second-order valence-electron chi connectivity index (χ2n) is 4.96. The first-order valence-electron chi connectivity index (χ1n) is 6.70. The first-order valence-corrected chi connectivity index (χ1v) is 6.70. The minimum atomic E-state index is -0.335. The summed E-state index contributed by atoms with van der Waals surface area (Å²) in [7, 11) is 0. The molecule has 0 bridgehead atoms. The fraction of sp³-hybridized carbons (Fsp3) is 0.0588. The minimum Gasteiger partial charge on any atom is -0.409 e. The van der Waals surface area contributed by atoms with E-state index >= 15 is 0 Å². The third-order valence-corrected chi connectivity index (χ3v) is 3.50. The van der Waals surface area contributed by atoms with E-state index < -0.39 is 0 Å². The minimum absolute atomic E-state index is 0.335. The van der Waals surface area contributed by atoms with Crippen molar-refractivity contribution in [2.24, 2.45) is 0 Å². The van der Waals surface area contributed by atoms with Crippen LogP contribution in [0.3, 0.4) is 0 Å². The lowest BCUT2D eigenvalue weighted by molar-refractivity contribution is -0.132. The number of pyridine rings is 2. The number of nitrogens with zero attached hydrogens (tertiary/aromatic N) is 2. The maximum Gasteiger partial charge on any atom is 0.309 e. The molecule has 0 spiro atoms. The number of carbonyl (C=O) groups is 1. The van der Waals surface area contributed by atoms with Crippen LogP contribution in [0, 0.1) is 0 Å². The van der Waals surface area contributed by atoms with Crippen molar-refractivity contribution in [3.63, 3.8) is 0 Å². The van der Waals surface area contributed by atoms with Crippen molar-refractivity contribution in [1.82, 2.24) is 9.38 Å². The number of hydrogen-bond acceptors (Lipinski definition) is 3. The Bertz CT molecular complexity index is 1000. The van der Waals surface area contributed by atoms with Crippen LogP contribution in [0.1, 0.15) is 6.92 Å². The Balaban J connectivity index is 2.09. The van der Waals surface area contributed by atoms with E-state index in [-0.39, 0.29) is 5.97 Å². The average Bonchev–Trinajstić information content (AvgIpc) is 2.83. The Morgan fingerprint density at radius 1 is 1.10 bits per heavy atom. The standard InChI is InChI=1S/C17H12N2O2/c1-11(20)21-16-8-4-7-15-17-13(10-19(15)16)9-12-5-2-3-6-14(12)18-17/h2-10H,1H3. The number of carbonyl (C=O) groups excluding carboxylic acids is 1. The largest absolute Gasteiger partial charge is 0.409 e. The zero-order valence-corrected chi connectivity index (χ0v) is 11.4. The summed E-state index contributed by atoms with van der Waals surface area (Å²) in [5.74, 6) is 0.167. The van der Waals surface area contributed by atoms with E-state index in [0.717, 1.165) is 27.3 Å². The summed E-state index contributed by atoms with van der Waals surface area (Å²) in [6.07, 6.45) is 1.95. The van der Waals surface area contributed by atoms with Crippen molar-refractivity contribution in [3.05, 3.63) is 54.7 Å². The summed E-state index contributed by atoms with van der Waals surface area (Å²) in [5.41, 5.74) is 2.79. The zero-order chi connectivity index (χ0) is 14.4. The van der Waals surface area contributed by atoms with Gasteiger partial charge in [-0.05, 0) is 24.3 Å². The Morgan fingerprint density at radius 2 is 1.95 bits per heavy atom. The molecule has 21 heavy (non-hydrogen) atoms. The van der Waals surface area contributed by atoms with E-state index in [1.165, 1.54) is 6.92 Å². The van der Waals surface area contributed by atoms with Gasteiger partial charge in [-0.2, -0.15) is 0 Å². The van der Waals surface area contributed by atoms with Crippen LogP contribution in [-0.4, -0.2) is 15.4 Å². The van der Waals surface area contributed by atoms with Crippen LogP contribution in [0.25, 0.3) is 27.3 Å². The van der Waals surface area contributed by atoms with Crippen molar-refractivity contribution in [2.45, 2.75) is 6.92 Å². The van der Waals surface area contributed by atoms with E-state index in [2.05, 4.69) is 6.07 Å². The Labute approximate surface area is 120 Å². The normalized spacial score (nSPS) is 11.3. The topological polar surface area (TPSA) is 43.6 Å². The quantitative estimate of drug-likeness (QED) is 0.499. The molecule has 102 valence electrons. The molecule has 0 radical (unpaired) electrons. The molecular weight excluding hydrogens is 264 g/mol. The van der Waals surface area contributed by atoms with Gasteiger partial charge in [0, 0.05) is 23.9 Å². The lowest BCUT2D eigenvalue weighted by Crippen LogP contribution is -2.04. The van der Waals surface area contributed by atoms with Crippen LogP contribution in [0.5, 0.6) is 5.88 Å². The molecule has 4 aromatic rings. The van der Waals surface area contributed by atoms with Gasteiger partial charge in [-0.3, -0.25) is 9.20 Å². The third kappa shape index (κ3) is 1.84. The molecular formula is C17H12N2O2. The monoisotopic (exact) mass is 276 g/mol. The molecule has 0 saturated carbocycles. The molecule has 0 aliphatic carbocycles. The third-order valence-electron chi connectivity index (χ3n) is 3.50. The fourth-order valence-corrected chi connectivity index (χ4v) is 2.63. The van der Waals surface area contributed by atoms with Crippen LogP contribution >= 0.6 is 0 Å². The Kier molecular flexibility index (Phi) is 2.44. The first-order chi connectivity index (χ1) is 10.2. The number of rotatable bonds is 1. The van der Waals surface area contributed by atoms with Crippen molar-refractivity contribution in [2.75, 3.05) is 0 Å². The number of ether oxygens (including phenoxy) is 1. The van der Waals surface area contributed by atoms with E-state index in [9.17, 15) is 4.79 Å². The summed E-state index contributed by atoms with van der Waals surface area (Å²) in [6.45, 7) is 1.40. The summed E-state index contributed by atoms with van der Waals surface area (Å²) in [4.78, 5) is 15.9. The summed E-state index contributed by atoms with van der Waals surface area (Å²) >= 11 is 0. The number of benzene rings is 1. The van der Waals surface area contributed by atoms with Gasteiger partial charge in [-0.25, -0.2) is 4.98 Å². The van der Waals surface area contributed by atoms with Gasteiger partial charge in [0.1, 0.15) is 0 Å². The highest BCUT2D eigenvalue weighted by Crippen LogP contribution is 2.27. The lowest BCUT2D eigenvalue weighted by atomic mass is 10.2. The van der Waals surface area contributed by atoms with E-state index in [4.69, 9.17) is 9.72 Å². The second-order valence-corrected chi connectivity index (χ2v) is 4.96. The van der Waals surface area contributed by atoms with Gasteiger partial charge in [0.05, 0.1) is 16.6 Å². The molecule has 0 aliphatic heterocycles. The average molecular weight is 276 g/mol. The molecule has 0 saturated heterocycles. The molecule has 0 atom stereocenters.